The van der Waals surface area contributed by atoms with E-state index in [-0.39, 0.29) is 22.6 Å². The average molecular weight is 434 g/mol. The first-order valence-corrected chi connectivity index (χ1v) is 11.2. The monoisotopic (exact) mass is 433 g/mol. The number of rotatable bonds is 3. The summed E-state index contributed by atoms with van der Waals surface area (Å²) in [6.07, 6.45) is 5.98. The van der Waals surface area contributed by atoms with Crippen molar-refractivity contribution in [2.45, 2.75) is 44.9 Å². The van der Waals surface area contributed by atoms with Crippen molar-refractivity contribution in [1.29, 1.82) is 5.26 Å². The fraction of sp³-hybridized carbons (Fsp3) is 0.304. The van der Waals surface area contributed by atoms with Gasteiger partial charge in [-0.1, -0.05) is 19.3 Å². The van der Waals surface area contributed by atoms with Crippen LogP contribution in [-0.2, 0) is 0 Å². The van der Waals surface area contributed by atoms with Gasteiger partial charge in [0.05, 0.1) is 27.3 Å². The van der Waals surface area contributed by atoms with E-state index in [2.05, 4.69) is 21.3 Å². The van der Waals surface area contributed by atoms with Crippen molar-refractivity contribution < 1.29 is 9.50 Å². The number of phenols is 1. The summed E-state index contributed by atoms with van der Waals surface area (Å²) >= 11 is 1.62. The van der Waals surface area contributed by atoms with Crippen LogP contribution >= 0.6 is 11.3 Å². The second-order valence-corrected chi connectivity index (χ2v) is 8.83. The van der Waals surface area contributed by atoms with Gasteiger partial charge in [-0.15, -0.1) is 11.3 Å². The Morgan fingerprint density at radius 1 is 1.23 bits per heavy atom. The first-order valence-electron chi connectivity index (χ1n) is 10.3. The number of aromatic nitrogens is 4. The second kappa shape index (κ2) is 7.75. The Balaban J connectivity index is 1.75. The minimum Gasteiger partial charge on any atom is -0.508 e. The van der Waals surface area contributed by atoms with Crippen LogP contribution in [0.5, 0.6) is 5.75 Å². The molecular formula is C23H20FN5OS. The van der Waals surface area contributed by atoms with Crippen LogP contribution in [0, 0.1) is 24.1 Å². The number of nitrogens with zero attached hydrogens (tertiary/aromatic N) is 4. The van der Waals surface area contributed by atoms with Crippen molar-refractivity contribution in [3.8, 4) is 34.3 Å². The molecule has 31 heavy (non-hydrogen) atoms. The summed E-state index contributed by atoms with van der Waals surface area (Å²) in [5.41, 5.74) is 3.09. The van der Waals surface area contributed by atoms with E-state index in [1.165, 1.54) is 31.4 Å². The average Bonchev–Trinajstić information content (AvgIpc) is 3.40. The molecule has 0 bridgehead atoms. The van der Waals surface area contributed by atoms with E-state index in [9.17, 15) is 14.8 Å². The van der Waals surface area contributed by atoms with Crippen molar-refractivity contribution in [1.82, 2.24) is 20.2 Å². The van der Waals surface area contributed by atoms with Gasteiger partial charge < -0.3 is 5.11 Å². The van der Waals surface area contributed by atoms with Crippen LogP contribution in [0.4, 0.5) is 4.39 Å². The van der Waals surface area contributed by atoms with Crippen molar-refractivity contribution in [3.63, 3.8) is 0 Å². The number of hydrogen-bond acceptors (Lipinski definition) is 6. The van der Waals surface area contributed by atoms with E-state index >= 15 is 0 Å². The van der Waals surface area contributed by atoms with Crippen LogP contribution in [0.15, 0.2) is 23.6 Å². The van der Waals surface area contributed by atoms with Gasteiger partial charge in [0.1, 0.15) is 17.6 Å². The standard InChI is InChI=1S/C23H20FN5OS/c1-12-19-20(18-11-31-23(26-18)13-5-3-2-4-6-13)16(10-25)21(27-22(19)29-28-12)15-8-7-14(30)9-17(15)24/h7-9,11,13,30H,2-6H2,1H3,(H,27,28,29). The van der Waals surface area contributed by atoms with Gasteiger partial charge in [-0.2, -0.15) is 10.4 Å². The van der Waals surface area contributed by atoms with E-state index in [1.54, 1.807) is 11.3 Å². The molecule has 0 radical (unpaired) electrons. The van der Waals surface area contributed by atoms with Gasteiger partial charge in [0, 0.05) is 34.2 Å². The quantitative estimate of drug-likeness (QED) is 0.424. The number of phenolic OH excluding ortho intramolecular Hbond substituents is 1. The Morgan fingerprint density at radius 3 is 2.77 bits per heavy atom. The van der Waals surface area contributed by atoms with Gasteiger partial charge in [0.25, 0.3) is 0 Å². The molecule has 0 amide bonds. The van der Waals surface area contributed by atoms with Crippen LogP contribution in [-0.4, -0.2) is 25.3 Å². The lowest BCUT2D eigenvalue weighted by atomic mass is 9.90. The molecule has 0 saturated heterocycles. The number of benzene rings is 1. The number of pyridine rings is 1. The molecule has 6 nitrogen and oxygen atoms in total. The molecule has 3 aromatic heterocycles. The molecule has 0 aliphatic heterocycles. The lowest BCUT2D eigenvalue weighted by molar-refractivity contribution is 0.442. The van der Waals surface area contributed by atoms with Gasteiger partial charge in [0.2, 0.25) is 0 Å². The molecular weight excluding hydrogens is 413 g/mol. The number of hydrogen-bond donors (Lipinski definition) is 2. The number of fused-ring (bicyclic) bond motifs is 1. The lowest BCUT2D eigenvalue weighted by Crippen LogP contribution is -2.04. The first kappa shape index (κ1) is 19.6. The molecule has 1 aromatic carbocycles. The molecule has 0 unspecified atom stereocenters. The highest BCUT2D eigenvalue weighted by atomic mass is 32.1. The van der Waals surface area contributed by atoms with Gasteiger partial charge in [-0.3, -0.25) is 5.10 Å². The molecule has 1 saturated carbocycles. The molecule has 5 rings (SSSR count). The highest BCUT2D eigenvalue weighted by molar-refractivity contribution is 7.10. The number of nitrogens with one attached hydrogen (secondary N) is 1. The maximum absolute atomic E-state index is 14.7. The number of aromatic amines is 1. The van der Waals surface area contributed by atoms with Gasteiger partial charge in [0.15, 0.2) is 5.65 Å². The molecule has 4 aromatic rings. The fourth-order valence-corrected chi connectivity index (χ4v) is 5.38. The summed E-state index contributed by atoms with van der Waals surface area (Å²) in [4.78, 5) is 9.42. The zero-order valence-corrected chi connectivity index (χ0v) is 17.8. The summed E-state index contributed by atoms with van der Waals surface area (Å²) in [7, 11) is 0. The van der Waals surface area contributed by atoms with E-state index in [0.717, 1.165) is 35.0 Å². The Bertz CT molecular complexity index is 1330. The third-order valence-corrected chi connectivity index (χ3v) is 6.94. The normalized spacial score (nSPS) is 14.7. The third kappa shape index (κ3) is 3.35. The predicted molar refractivity (Wildman–Crippen MR) is 117 cm³/mol. The summed E-state index contributed by atoms with van der Waals surface area (Å²) in [5, 5.41) is 30.7. The van der Waals surface area contributed by atoms with Crippen molar-refractivity contribution in [2.75, 3.05) is 0 Å². The Hall–Kier alpha value is -3.31. The van der Waals surface area contributed by atoms with E-state index in [0.29, 0.717) is 22.8 Å². The number of aromatic hydroxyl groups is 1. The minimum absolute atomic E-state index is 0.140. The van der Waals surface area contributed by atoms with Crippen molar-refractivity contribution in [3.05, 3.63) is 45.7 Å². The molecule has 3 heterocycles. The molecule has 8 heteroatoms. The van der Waals surface area contributed by atoms with Crippen LogP contribution in [0.1, 0.15) is 54.3 Å². The highest BCUT2D eigenvalue weighted by Crippen LogP contribution is 2.41. The summed E-state index contributed by atoms with van der Waals surface area (Å²) in [6.45, 7) is 1.87. The highest BCUT2D eigenvalue weighted by Gasteiger charge is 2.26. The van der Waals surface area contributed by atoms with Gasteiger partial charge in [-0.05, 0) is 31.9 Å². The van der Waals surface area contributed by atoms with E-state index in [4.69, 9.17) is 4.98 Å². The molecule has 1 aliphatic carbocycles. The first-order chi connectivity index (χ1) is 15.1. The van der Waals surface area contributed by atoms with Crippen LogP contribution in [0.2, 0.25) is 0 Å². The van der Waals surface area contributed by atoms with E-state index in [1.807, 2.05) is 12.3 Å². The fourth-order valence-electron chi connectivity index (χ4n) is 4.40. The second-order valence-electron chi connectivity index (χ2n) is 7.94. The maximum Gasteiger partial charge on any atom is 0.182 e. The zero-order valence-electron chi connectivity index (χ0n) is 16.9. The number of H-pyrrole nitrogens is 1. The number of aryl methyl sites for hydroxylation is 1. The van der Waals surface area contributed by atoms with Crippen LogP contribution in [0.3, 0.4) is 0 Å². The lowest BCUT2D eigenvalue weighted by Gasteiger charge is -2.19. The largest absolute Gasteiger partial charge is 0.508 e. The molecule has 0 atom stereocenters. The predicted octanol–water partition coefficient (Wildman–Crippen LogP) is 5.82. The Morgan fingerprint density at radius 2 is 2.03 bits per heavy atom. The SMILES string of the molecule is Cc1[nH]nc2nc(-c3ccc(O)cc3F)c(C#N)c(-c3csc(C4CCCCC4)n3)c12. The zero-order chi connectivity index (χ0) is 21.5. The summed E-state index contributed by atoms with van der Waals surface area (Å²) in [5.74, 6) is -0.383. The van der Waals surface area contributed by atoms with Gasteiger partial charge in [-0.25, -0.2) is 14.4 Å². The number of thiazole rings is 1. The Labute approximate surface area is 182 Å². The maximum atomic E-state index is 14.7. The van der Waals surface area contributed by atoms with Crippen molar-refractivity contribution in [2.24, 2.45) is 0 Å². The topological polar surface area (TPSA) is 98.5 Å². The van der Waals surface area contributed by atoms with Gasteiger partial charge >= 0.3 is 0 Å². The number of halogens is 1. The number of nitriles is 1. The van der Waals surface area contributed by atoms with E-state index < -0.39 is 5.82 Å². The summed E-state index contributed by atoms with van der Waals surface area (Å²) < 4.78 is 14.7. The summed E-state index contributed by atoms with van der Waals surface area (Å²) in [6, 6.07) is 6.06. The van der Waals surface area contributed by atoms with Crippen molar-refractivity contribution >= 4 is 22.4 Å². The smallest absolute Gasteiger partial charge is 0.182 e. The molecule has 1 fully saturated rings. The molecule has 0 spiro atoms. The van der Waals surface area contributed by atoms with Crippen LogP contribution < -0.4 is 0 Å². The third-order valence-electron chi connectivity index (χ3n) is 5.93. The Kier molecular flexibility index (Phi) is 4.91. The molecule has 1 aliphatic rings. The molecule has 156 valence electrons. The van der Waals surface area contributed by atoms with Crippen LogP contribution in [0.25, 0.3) is 33.5 Å². The minimum atomic E-state index is -0.650. The molecule has 2 N–H and O–H groups in total.